The Morgan fingerprint density at radius 1 is 1.13 bits per heavy atom. The molecule has 31 heavy (non-hydrogen) atoms. The fraction of sp³-hybridized carbons (Fsp3) is 0.333. The fourth-order valence-corrected chi connectivity index (χ4v) is 4.12. The van der Waals surface area contributed by atoms with E-state index in [9.17, 15) is 9.59 Å². The largest absolute Gasteiger partial charge is 0.349 e. The summed E-state index contributed by atoms with van der Waals surface area (Å²) in [5, 5.41) is 7.58. The van der Waals surface area contributed by atoms with Crippen molar-refractivity contribution in [2.45, 2.75) is 44.7 Å². The van der Waals surface area contributed by atoms with Gasteiger partial charge in [-0.05, 0) is 61.1 Å². The molecule has 2 amide bonds. The van der Waals surface area contributed by atoms with Crippen molar-refractivity contribution in [3.8, 4) is 16.8 Å². The van der Waals surface area contributed by atoms with Crippen molar-refractivity contribution < 1.29 is 9.59 Å². The third kappa shape index (κ3) is 3.83. The number of pyridine rings is 1. The molecule has 2 aliphatic rings. The maximum atomic E-state index is 12.5. The molecule has 7 heteroatoms. The first kappa shape index (κ1) is 19.5. The first-order valence-corrected chi connectivity index (χ1v) is 10.7. The second-order valence-corrected chi connectivity index (χ2v) is 8.49. The molecule has 0 radical (unpaired) electrons. The lowest BCUT2D eigenvalue weighted by atomic mass is 10.00. The van der Waals surface area contributed by atoms with Crippen molar-refractivity contribution in [1.29, 1.82) is 0 Å². The lowest BCUT2D eigenvalue weighted by molar-refractivity contribution is -0.127. The Bertz CT molecular complexity index is 1160. The first-order chi connectivity index (χ1) is 15.0. The molecule has 1 aromatic carbocycles. The van der Waals surface area contributed by atoms with Gasteiger partial charge in [-0.2, -0.15) is 5.10 Å². The number of amides is 2. The highest BCUT2D eigenvalue weighted by Crippen LogP contribution is 2.32. The normalized spacial score (nSPS) is 18.5. The zero-order valence-corrected chi connectivity index (χ0v) is 17.7. The van der Waals surface area contributed by atoms with Gasteiger partial charge in [0.15, 0.2) is 0 Å². The van der Waals surface area contributed by atoms with Crippen LogP contribution in [-0.4, -0.2) is 44.6 Å². The smallest absolute Gasteiger partial charge is 0.251 e. The lowest BCUT2D eigenvalue weighted by Gasteiger charge is -2.20. The number of aromatic nitrogens is 3. The number of nitrogens with one attached hydrogen (secondary N) is 1. The summed E-state index contributed by atoms with van der Waals surface area (Å²) in [7, 11) is 1.84. The maximum absolute atomic E-state index is 12.5. The van der Waals surface area contributed by atoms with E-state index < -0.39 is 0 Å². The molecule has 2 fully saturated rings. The van der Waals surface area contributed by atoms with Gasteiger partial charge in [0.05, 0.1) is 24.1 Å². The molecule has 0 bridgehead atoms. The molecule has 0 spiro atoms. The summed E-state index contributed by atoms with van der Waals surface area (Å²) in [6.45, 7) is 2.03. The zero-order chi connectivity index (χ0) is 21.5. The summed E-state index contributed by atoms with van der Waals surface area (Å²) in [5.74, 6) is 0.140. The van der Waals surface area contributed by atoms with Crippen molar-refractivity contribution >= 4 is 11.8 Å². The third-order valence-electron chi connectivity index (χ3n) is 6.19. The SMILES string of the molecule is Cc1ccc(C(=O)NC2CC2)cc1-c1cnn(-c2cncc(C3CCC(=O)N3C)c2)c1. The molecule has 7 nitrogen and oxygen atoms in total. The van der Waals surface area contributed by atoms with Gasteiger partial charge >= 0.3 is 0 Å². The highest BCUT2D eigenvalue weighted by atomic mass is 16.2. The predicted molar refractivity (Wildman–Crippen MR) is 117 cm³/mol. The topological polar surface area (TPSA) is 80.1 Å². The van der Waals surface area contributed by atoms with Gasteiger partial charge in [-0.3, -0.25) is 14.6 Å². The summed E-state index contributed by atoms with van der Waals surface area (Å²) in [6, 6.07) is 8.20. The van der Waals surface area contributed by atoms with Crippen molar-refractivity contribution in [3.63, 3.8) is 0 Å². The number of carbonyl (C=O) groups excluding carboxylic acids is 2. The van der Waals surface area contributed by atoms with Crippen LogP contribution in [0.5, 0.6) is 0 Å². The van der Waals surface area contributed by atoms with E-state index in [4.69, 9.17) is 0 Å². The van der Waals surface area contributed by atoms with E-state index in [-0.39, 0.29) is 17.9 Å². The summed E-state index contributed by atoms with van der Waals surface area (Å²) < 4.78 is 1.79. The minimum absolute atomic E-state index is 0.0247. The van der Waals surface area contributed by atoms with Crippen LogP contribution in [0.25, 0.3) is 16.8 Å². The second-order valence-electron chi connectivity index (χ2n) is 8.49. The van der Waals surface area contributed by atoms with Gasteiger partial charge in [0, 0.05) is 43.0 Å². The van der Waals surface area contributed by atoms with Crippen molar-refractivity contribution in [3.05, 3.63) is 65.7 Å². The molecule has 3 aromatic rings. The number of benzene rings is 1. The molecule has 1 saturated heterocycles. The molecule has 1 unspecified atom stereocenters. The van der Waals surface area contributed by atoms with Crippen LogP contribution in [0.2, 0.25) is 0 Å². The molecule has 1 aliphatic heterocycles. The van der Waals surface area contributed by atoms with E-state index in [1.54, 1.807) is 15.8 Å². The number of hydrogen-bond donors (Lipinski definition) is 1. The Hall–Kier alpha value is -3.48. The van der Waals surface area contributed by atoms with E-state index in [2.05, 4.69) is 15.4 Å². The van der Waals surface area contributed by atoms with Crippen LogP contribution in [0.3, 0.4) is 0 Å². The molecular formula is C24H25N5O2. The minimum Gasteiger partial charge on any atom is -0.349 e. The first-order valence-electron chi connectivity index (χ1n) is 10.7. The Labute approximate surface area is 181 Å². The van der Waals surface area contributed by atoms with Crippen molar-refractivity contribution in [1.82, 2.24) is 25.0 Å². The Morgan fingerprint density at radius 2 is 1.97 bits per heavy atom. The average Bonchev–Trinajstić information content (AvgIpc) is 3.33. The van der Waals surface area contributed by atoms with Crippen molar-refractivity contribution in [2.75, 3.05) is 7.05 Å². The number of aryl methyl sites for hydroxylation is 1. The molecule has 3 heterocycles. The molecule has 1 N–H and O–H groups in total. The zero-order valence-electron chi connectivity index (χ0n) is 17.7. The summed E-state index contributed by atoms with van der Waals surface area (Å²) in [4.78, 5) is 30.5. The molecule has 1 aliphatic carbocycles. The number of hydrogen-bond acceptors (Lipinski definition) is 4. The summed E-state index contributed by atoms with van der Waals surface area (Å²) in [5.41, 5.74) is 5.53. The van der Waals surface area contributed by atoms with E-state index in [1.165, 1.54) is 0 Å². The van der Waals surface area contributed by atoms with Gasteiger partial charge in [-0.1, -0.05) is 6.07 Å². The highest BCUT2D eigenvalue weighted by Gasteiger charge is 2.29. The average molecular weight is 415 g/mol. The van der Waals surface area contributed by atoms with E-state index >= 15 is 0 Å². The molecular weight excluding hydrogens is 390 g/mol. The Morgan fingerprint density at radius 3 is 2.71 bits per heavy atom. The van der Waals surface area contributed by atoms with Gasteiger partial charge in [0.2, 0.25) is 5.91 Å². The molecule has 2 aromatic heterocycles. The van der Waals surface area contributed by atoms with E-state index in [1.807, 2.05) is 56.8 Å². The summed E-state index contributed by atoms with van der Waals surface area (Å²) in [6.07, 6.45) is 10.9. The van der Waals surface area contributed by atoms with Gasteiger partial charge in [0.25, 0.3) is 5.91 Å². The number of likely N-dealkylation sites (tertiary alicyclic amines) is 1. The molecule has 1 atom stereocenters. The van der Waals surface area contributed by atoms with Gasteiger partial charge < -0.3 is 10.2 Å². The fourth-order valence-electron chi connectivity index (χ4n) is 4.12. The van der Waals surface area contributed by atoms with Crippen LogP contribution < -0.4 is 5.32 Å². The predicted octanol–water partition coefficient (Wildman–Crippen LogP) is 3.43. The van der Waals surface area contributed by atoms with Crippen LogP contribution in [-0.2, 0) is 4.79 Å². The standard InChI is InChI=1S/C24H25N5O2/c1-15-3-4-16(24(31)27-19-5-6-19)10-21(15)18-12-26-29(14-18)20-9-17(11-25-13-20)22-7-8-23(30)28(22)2/h3-4,9-14,19,22H,5-8H2,1-2H3,(H,27,31). The molecule has 158 valence electrons. The van der Waals surface area contributed by atoms with Gasteiger partial charge in [0.1, 0.15) is 0 Å². The lowest BCUT2D eigenvalue weighted by Crippen LogP contribution is -2.25. The minimum atomic E-state index is -0.0247. The van der Waals surface area contributed by atoms with Crippen LogP contribution in [0, 0.1) is 6.92 Å². The summed E-state index contributed by atoms with van der Waals surface area (Å²) >= 11 is 0. The molecule has 1 saturated carbocycles. The Balaban J connectivity index is 1.42. The van der Waals surface area contributed by atoms with E-state index in [0.29, 0.717) is 18.0 Å². The molecule has 5 rings (SSSR count). The third-order valence-corrected chi connectivity index (χ3v) is 6.19. The van der Waals surface area contributed by atoms with Crippen molar-refractivity contribution in [2.24, 2.45) is 0 Å². The number of rotatable bonds is 5. The Kier molecular flexibility index (Phi) is 4.81. The van der Waals surface area contributed by atoms with Gasteiger partial charge in [-0.15, -0.1) is 0 Å². The van der Waals surface area contributed by atoms with E-state index in [0.717, 1.165) is 47.2 Å². The van der Waals surface area contributed by atoms with Crippen LogP contribution in [0.1, 0.15) is 53.2 Å². The van der Waals surface area contributed by atoms with Gasteiger partial charge in [-0.25, -0.2) is 4.68 Å². The number of nitrogens with zero attached hydrogens (tertiary/aromatic N) is 4. The monoisotopic (exact) mass is 415 g/mol. The quantitative estimate of drug-likeness (QED) is 0.692. The van der Waals surface area contributed by atoms with Crippen LogP contribution in [0.15, 0.2) is 49.1 Å². The maximum Gasteiger partial charge on any atom is 0.251 e. The second kappa shape index (κ2) is 7.65. The number of carbonyl (C=O) groups is 2. The highest BCUT2D eigenvalue weighted by molar-refractivity contribution is 5.96. The van der Waals surface area contributed by atoms with Crippen LogP contribution >= 0.6 is 0 Å². The van der Waals surface area contributed by atoms with Crippen LogP contribution in [0.4, 0.5) is 0 Å².